The third-order valence-corrected chi connectivity index (χ3v) is 2.65. The van der Waals surface area contributed by atoms with E-state index in [1.54, 1.807) is 6.92 Å². The Balaban J connectivity index is 3.07. The SMILES string of the molecule is Cc1cc(C(N)=O)c(NC(C)CC(F)(F)F)cc1OOO. The van der Waals surface area contributed by atoms with Gasteiger partial charge in [0.15, 0.2) is 5.75 Å². The second kappa shape index (κ2) is 6.64. The molecule has 0 fully saturated rings. The van der Waals surface area contributed by atoms with Gasteiger partial charge >= 0.3 is 6.18 Å². The molecular weight excluding hydrogens is 293 g/mol. The standard InChI is InChI=1S/C12H15F3N2O4/c1-6-3-8(11(16)18)9(4-10(6)20-21-19)17-7(2)5-12(13,14)15/h3-4,7,17,19H,5H2,1-2H3,(H2,16,18). The summed E-state index contributed by atoms with van der Waals surface area (Å²) in [7, 11) is 0. The molecule has 0 aromatic heterocycles. The molecule has 0 aliphatic rings. The number of rotatable bonds is 6. The first kappa shape index (κ1) is 17.1. The molecule has 0 aliphatic heterocycles. The van der Waals surface area contributed by atoms with E-state index in [2.05, 4.69) is 15.2 Å². The Hall–Kier alpha value is -2.00. The highest BCUT2D eigenvalue weighted by Gasteiger charge is 2.30. The average molecular weight is 308 g/mol. The number of carbonyl (C=O) groups excluding carboxylic acids is 1. The van der Waals surface area contributed by atoms with E-state index in [9.17, 15) is 18.0 Å². The van der Waals surface area contributed by atoms with Gasteiger partial charge in [-0.1, -0.05) is 0 Å². The van der Waals surface area contributed by atoms with Crippen molar-refractivity contribution in [1.29, 1.82) is 0 Å². The molecule has 0 heterocycles. The van der Waals surface area contributed by atoms with Gasteiger partial charge in [0.25, 0.3) is 5.91 Å². The largest absolute Gasteiger partial charge is 0.391 e. The lowest BCUT2D eigenvalue weighted by Gasteiger charge is -2.19. The fraction of sp³-hybridized carbons (Fsp3) is 0.417. The molecule has 0 spiro atoms. The molecule has 9 heteroatoms. The van der Waals surface area contributed by atoms with Crippen LogP contribution in [0.1, 0.15) is 29.3 Å². The molecule has 1 amide bonds. The summed E-state index contributed by atoms with van der Waals surface area (Å²) in [5.74, 6) is -0.777. The lowest BCUT2D eigenvalue weighted by Crippen LogP contribution is -2.25. The van der Waals surface area contributed by atoms with Crippen LogP contribution in [0.2, 0.25) is 0 Å². The molecule has 118 valence electrons. The Morgan fingerprint density at radius 2 is 2.10 bits per heavy atom. The van der Waals surface area contributed by atoms with Gasteiger partial charge in [-0.25, -0.2) is 5.26 Å². The van der Waals surface area contributed by atoms with Crippen molar-refractivity contribution >= 4 is 11.6 Å². The number of nitrogens with one attached hydrogen (secondary N) is 1. The monoisotopic (exact) mass is 308 g/mol. The van der Waals surface area contributed by atoms with Crippen molar-refractivity contribution in [3.05, 3.63) is 23.3 Å². The van der Waals surface area contributed by atoms with Crippen molar-refractivity contribution in [2.24, 2.45) is 5.73 Å². The van der Waals surface area contributed by atoms with Gasteiger partial charge in [-0.2, -0.15) is 13.2 Å². The van der Waals surface area contributed by atoms with E-state index in [4.69, 9.17) is 11.0 Å². The number of carbonyl (C=O) groups is 1. The van der Waals surface area contributed by atoms with Crippen LogP contribution in [-0.4, -0.2) is 23.4 Å². The molecule has 4 N–H and O–H groups in total. The van der Waals surface area contributed by atoms with Crippen molar-refractivity contribution in [2.45, 2.75) is 32.5 Å². The van der Waals surface area contributed by atoms with Gasteiger partial charge in [0, 0.05) is 12.1 Å². The minimum absolute atomic E-state index is 0.00631. The Morgan fingerprint density at radius 3 is 2.57 bits per heavy atom. The number of aryl methyl sites for hydroxylation is 1. The number of halogens is 3. The van der Waals surface area contributed by atoms with E-state index in [0.29, 0.717) is 5.56 Å². The minimum atomic E-state index is -4.35. The van der Waals surface area contributed by atoms with E-state index in [0.717, 1.165) is 0 Å². The zero-order chi connectivity index (χ0) is 16.2. The maximum absolute atomic E-state index is 12.3. The van der Waals surface area contributed by atoms with Crippen LogP contribution >= 0.6 is 0 Å². The molecule has 21 heavy (non-hydrogen) atoms. The fourth-order valence-corrected chi connectivity index (χ4v) is 1.80. The van der Waals surface area contributed by atoms with Gasteiger partial charge in [-0.15, -0.1) is 0 Å². The van der Waals surface area contributed by atoms with Crippen LogP contribution in [0.4, 0.5) is 18.9 Å². The number of alkyl halides is 3. The predicted octanol–water partition coefficient (Wildman–Crippen LogP) is 2.63. The second-order valence-electron chi connectivity index (χ2n) is 4.55. The first-order valence-electron chi connectivity index (χ1n) is 5.90. The third-order valence-electron chi connectivity index (χ3n) is 2.65. The molecule has 1 rings (SSSR count). The number of nitrogens with two attached hydrogens (primary N) is 1. The van der Waals surface area contributed by atoms with Crippen LogP contribution in [0.3, 0.4) is 0 Å². The summed E-state index contributed by atoms with van der Waals surface area (Å²) in [6.45, 7) is 2.85. The summed E-state index contributed by atoms with van der Waals surface area (Å²) in [5.41, 5.74) is 5.66. The molecule has 6 nitrogen and oxygen atoms in total. The number of amides is 1. The molecule has 0 saturated carbocycles. The van der Waals surface area contributed by atoms with Crippen LogP contribution in [0, 0.1) is 6.92 Å². The summed E-state index contributed by atoms with van der Waals surface area (Å²) in [4.78, 5) is 15.8. The van der Waals surface area contributed by atoms with Crippen LogP contribution in [0.5, 0.6) is 5.75 Å². The van der Waals surface area contributed by atoms with Crippen LogP contribution < -0.4 is 15.9 Å². The Bertz CT molecular complexity index is 520. The van der Waals surface area contributed by atoms with Crippen LogP contribution in [0.25, 0.3) is 0 Å². The smallest absolute Gasteiger partial charge is 0.381 e. The molecular formula is C12H15F3N2O4. The summed E-state index contributed by atoms with van der Waals surface area (Å²) < 4.78 is 37.0. The Kier molecular flexibility index (Phi) is 5.39. The number of hydrogen-bond acceptors (Lipinski definition) is 5. The van der Waals surface area contributed by atoms with Gasteiger partial charge in [0.1, 0.15) is 0 Å². The first-order chi connectivity index (χ1) is 9.64. The molecule has 1 aromatic carbocycles. The van der Waals surface area contributed by atoms with Crippen molar-refractivity contribution in [3.63, 3.8) is 0 Å². The van der Waals surface area contributed by atoms with Crippen molar-refractivity contribution in [1.82, 2.24) is 0 Å². The van der Waals surface area contributed by atoms with Gasteiger partial charge in [-0.05, 0) is 30.5 Å². The minimum Gasteiger partial charge on any atom is -0.381 e. The van der Waals surface area contributed by atoms with Crippen molar-refractivity contribution in [2.75, 3.05) is 5.32 Å². The Morgan fingerprint density at radius 1 is 1.48 bits per heavy atom. The second-order valence-corrected chi connectivity index (χ2v) is 4.55. The summed E-state index contributed by atoms with van der Waals surface area (Å²) in [5, 5.41) is 14.3. The average Bonchev–Trinajstić information content (AvgIpc) is 2.30. The van der Waals surface area contributed by atoms with E-state index < -0.39 is 24.5 Å². The van der Waals surface area contributed by atoms with E-state index >= 15 is 0 Å². The van der Waals surface area contributed by atoms with Crippen molar-refractivity contribution < 1.29 is 33.1 Å². The van der Waals surface area contributed by atoms with Gasteiger partial charge in [0.05, 0.1) is 17.7 Å². The number of anilines is 1. The molecule has 0 radical (unpaired) electrons. The molecule has 0 aliphatic carbocycles. The quantitative estimate of drug-likeness (QED) is 0.555. The van der Waals surface area contributed by atoms with E-state index in [-0.39, 0.29) is 17.0 Å². The zero-order valence-corrected chi connectivity index (χ0v) is 11.3. The summed E-state index contributed by atoms with van der Waals surface area (Å²) in [6.07, 6.45) is -5.44. The molecule has 1 aromatic rings. The van der Waals surface area contributed by atoms with Crippen molar-refractivity contribution in [3.8, 4) is 5.75 Å². The number of primary amides is 1. The zero-order valence-electron chi connectivity index (χ0n) is 11.3. The normalized spacial score (nSPS) is 12.9. The highest BCUT2D eigenvalue weighted by atomic mass is 19.4. The highest BCUT2D eigenvalue weighted by molar-refractivity contribution is 5.99. The molecule has 0 bridgehead atoms. The number of hydrogen-bond donors (Lipinski definition) is 3. The molecule has 1 unspecified atom stereocenters. The highest BCUT2D eigenvalue weighted by Crippen LogP contribution is 2.29. The lowest BCUT2D eigenvalue weighted by atomic mass is 10.1. The van der Waals surface area contributed by atoms with E-state index in [1.807, 2.05) is 0 Å². The van der Waals surface area contributed by atoms with Crippen LogP contribution in [0.15, 0.2) is 12.1 Å². The fourth-order valence-electron chi connectivity index (χ4n) is 1.80. The van der Waals surface area contributed by atoms with E-state index in [1.165, 1.54) is 19.1 Å². The predicted molar refractivity (Wildman–Crippen MR) is 67.8 cm³/mol. The van der Waals surface area contributed by atoms with Gasteiger partial charge < -0.3 is 15.9 Å². The third kappa shape index (κ3) is 5.12. The van der Waals surface area contributed by atoms with Gasteiger partial charge in [0.2, 0.25) is 0 Å². The molecule has 1 atom stereocenters. The topological polar surface area (TPSA) is 93.8 Å². The van der Waals surface area contributed by atoms with Crippen LogP contribution in [-0.2, 0) is 5.04 Å². The summed E-state index contributed by atoms with van der Waals surface area (Å²) in [6, 6.07) is 1.55. The van der Waals surface area contributed by atoms with Gasteiger partial charge in [-0.3, -0.25) is 4.79 Å². The maximum Gasteiger partial charge on any atom is 0.391 e. The number of benzene rings is 1. The Labute approximate surface area is 118 Å². The lowest BCUT2D eigenvalue weighted by molar-refractivity contribution is -0.439. The first-order valence-corrected chi connectivity index (χ1v) is 5.90. The summed E-state index contributed by atoms with van der Waals surface area (Å²) >= 11 is 0. The maximum atomic E-state index is 12.3. The molecule has 0 saturated heterocycles.